The van der Waals surface area contributed by atoms with Crippen LogP contribution in [0.3, 0.4) is 0 Å². The molecule has 0 spiro atoms. The van der Waals surface area contributed by atoms with Crippen LogP contribution >= 0.6 is 0 Å². The summed E-state index contributed by atoms with van der Waals surface area (Å²) in [4.78, 5) is 4.19. The first-order chi connectivity index (χ1) is 8.09. The van der Waals surface area contributed by atoms with Crippen LogP contribution in [0.5, 0.6) is 5.75 Å². The zero-order chi connectivity index (χ0) is 12.4. The van der Waals surface area contributed by atoms with E-state index in [4.69, 9.17) is 10.5 Å². The number of hydrogen-bond acceptors (Lipinski definition) is 5. The molecule has 2 aromatic heterocycles. The fourth-order valence-corrected chi connectivity index (χ4v) is 1.49. The maximum Gasteiger partial charge on any atom is 0.165 e. The summed E-state index contributed by atoms with van der Waals surface area (Å²) in [5.41, 5.74) is 8.00. The summed E-state index contributed by atoms with van der Waals surface area (Å²) >= 11 is 0. The Balaban J connectivity index is 2.56. The van der Waals surface area contributed by atoms with E-state index in [-0.39, 0.29) is 6.10 Å². The molecule has 6 heteroatoms. The highest BCUT2D eigenvalue weighted by Crippen LogP contribution is 2.29. The maximum absolute atomic E-state index is 6.02. The van der Waals surface area contributed by atoms with Gasteiger partial charge in [-0.3, -0.25) is 4.98 Å². The molecule has 2 N–H and O–H groups in total. The predicted molar refractivity (Wildman–Crippen MR) is 64.1 cm³/mol. The van der Waals surface area contributed by atoms with E-state index in [0.29, 0.717) is 17.1 Å². The Kier molecular flexibility index (Phi) is 2.95. The lowest BCUT2D eigenvalue weighted by atomic mass is 10.2. The van der Waals surface area contributed by atoms with Gasteiger partial charge < -0.3 is 10.5 Å². The Labute approximate surface area is 99.4 Å². The van der Waals surface area contributed by atoms with Crippen LogP contribution in [0.4, 0.5) is 5.69 Å². The lowest BCUT2D eigenvalue weighted by molar-refractivity contribution is 0.240. The Morgan fingerprint density at radius 3 is 2.76 bits per heavy atom. The van der Waals surface area contributed by atoms with Gasteiger partial charge in [-0.15, -0.1) is 5.10 Å². The van der Waals surface area contributed by atoms with E-state index in [1.54, 1.807) is 23.3 Å². The van der Waals surface area contributed by atoms with Gasteiger partial charge in [-0.25, -0.2) is 4.68 Å². The number of nitrogen functional groups attached to an aromatic ring is 1. The first-order valence-corrected chi connectivity index (χ1v) is 5.38. The normalized spacial score (nSPS) is 10.8. The van der Waals surface area contributed by atoms with Crippen LogP contribution in [-0.4, -0.2) is 26.1 Å². The molecule has 0 saturated heterocycles. The van der Waals surface area contributed by atoms with Gasteiger partial charge in [-0.2, -0.15) is 0 Å². The van der Waals surface area contributed by atoms with Gasteiger partial charge in [0.25, 0.3) is 0 Å². The number of nitrogens with two attached hydrogens (primary N) is 1. The molecule has 0 unspecified atom stereocenters. The van der Waals surface area contributed by atoms with Gasteiger partial charge in [0, 0.05) is 0 Å². The average molecular weight is 233 g/mol. The highest BCUT2D eigenvalue weighted by molar-refractivity contribution is 5.66. The van der Waals surface area contributed by atoms with E-state index >= 15 is 0 Å². The second kappa shape index (κ2) is 4.40. The highest BCUT2D eigenvalue weighted by Gasteiger charge is 2.15. The molecule has 0 aromatic carbocycles. The SMILES string of the molecule is Cc1ncc(OC(C)C)c(-n2ccnn2)c1N. The summed E-state index contributed by atoms with van der Waals surface area (Å²) in [7, 11) is 0. The minimum absolute atomic E-state index is 0.0428. The van der Waals surface area contributed by atoms with E-state index in [2.05, 4.69) is 15.3 Å². The third kappa shape index (κ3) is 2.20. The first kappa shape index (κ1) is 11.4. The zero-order valence-electron chi connectivity index (χ0n) is 10.1. The van der Waals surface area contributed by atoms with Crippen molar-refractivity contribution in [1.82, 2.24) is 20.0 Å². The number of aryl methyl sites for hydroxylation is 1. The molecule has 6 nitrogen and oxygen atoms in total. The van der Waals surface area contributed by atoms with Crippen molar-refractivity contribution in [3.63, 3.8) is 0 Å². The van der Waals surface area contributed by atoms with Crippen LogP contribution in [0.2, 0.25) is 0 Å². The summed E-state index contributed by atoms with van der Waals surface area (Å²) in [5, 5.41) is 7.71. The Hall–Kier alpha value is -2.11. The van der Waals surface area contributed by atoms with E-state index in [9.17, 15) is 0 Å². The Bertz CT molecular complexity index is 507. The predicted octanol–water partition coefficient (Wildman–Crippen LogP) is 1.34. The lowest BCUT2D eigenvalue weighted by Gasteiger charge is -2.16. The smallest absolute Gasteiger partial charge is 0.165 e. The van der Waals surface area contributed by atoms with Crippen LogP contribution in [0.15, 0.2) is 18.6 Å². The second-order valence-electron chi connectivity index (χ2n) is 3.98. The molecule has 0 aliphatic carbocycles. The molecule has 0 bridgehead atoms. The lowest BCUT2D eigenvalue weighted by Crippen LogP contribution is -2.12. The number of hydrogen-bond donors (Lipinski definition) is 1. The van der Waals surface area contributed by atoms with E-state index in [1.807, 2.05) is 20.8 Å². The van der Waals surface area contributed by atoms with Gasteiger partial charge in [-0.1, -0.05) is 5.21 Å². The van der Waals surface area contributed by atoms with Crippen molar-refractivity contribution >= 4 is 5.69 Å². The van der Waals surface area contributed by atoms with Gasteiger partial charge >= 0.3 is 0 Å². The highest BCUT2D eigenvalue weighted by atomic mass is 16.5. The molecule has 0 atom stereocenters. The number of anilines is 1. The maximum atomic E-state index is 6.02. The number of ether oxygens (including phenoxy) is 1. The van der Waals surface area contributed by atoms with Gasteiger partial charge in [0.1, 0.15) is 5.69 Å². The zero-order valence-corrected chi connectivity index (χ0v) is 10.1. The number of aromatic nitrogens is 4. The molecule has 2 aromatic rings. The standard InChI is InChI=1S/C11H15N5O/c1-7(2)17-9-6-13-8(3)10(12)11(9)16-5-4-14-15-16/h4-7H,12H2,1-3H3. The molecular formula is C11H15N5O. The molecule has 0 aliphatic heterocycles. The van der Waals surface area contributed by atoms with Crippen LogP contribution in [0.1, 0.15) is 19.5 Å². The van der Waals surface area contributed by atoms with Crippen LogP contribution in [-0.2, 0) is 0 Å². The summed E-state index contributed by atoms with van der Waals surface area (Å²) in [6.07, 6.45) is 5.01. The molecule has 2 rings (SSSR count). The van der Waals surface area contributed by atoms with Crippen molar-refractivity contribution in [1.29, 1.82) is 0 Å². The number of rotatable bonds is 3. The van der Waals surface area contributed by atoms with Crippen molar-refractivity contribution in [3.05, 3.63) is 24.3 Å². The van der Waals surface area contributed by atoms with Crippen molar-refractivity contribution in [2.24, 2.45) is 0 Å². The molecule has 0 radical (unpaired) electrons. The molecule has 0 amide bonds. The molecule has 17 heavy (non-hydrogen) atoms. The molecular weight excluding hydrogens is 218 g/mol. The van der Waals surface area contributed by atoms with Gasteiger partial charge in [0.15, 0.2) is 5.75 Å². The van der Waals surface area contributed by atoms with Crippen molar-refractivity contribution in [2.75, 3.05) is 5.73 Å². The van der Waals surface area contributed by atoms with Crippen LogP contribution in [0, 0.1) is 6.92 Å². The molecule has 2 heterocycles. The Morgan fingerprint density at radius 2 is 2.18 bits per heavy atom. The third-order valence-electron chi connectivity index (χ3n) is 2.27. The van der Waals surface area contributed by atoms with Crippen LogP contribution in [0.25, 0.3) is 5.69 Å². The number of pyridine rings is 1. The van der Waals surface area contributed by atoms with Gasteiger partial charge in [-0.05, 0) is 20.8 Å². The molecule has 0 saturated carbocycles. The Morgan fingerprint density at radius 1 is 1.41 bits per heavy atom. The van der Waals surface area contributed by atoms with E-state index < -0.39 is 0 Å². The number of nitrogens with zero attached hydrogens (tertiary/aromatic N) is 4. The van der Waals surface area contributed by atoms with E-state index in [0.717, 1.165) is 5.69 Å². The van der Waals surface area contributed by atoms with Crippen LogP contribution < -0.4 is 10.5 Å². The van der Waals surface area contributed by atoms with Crippen molar-refractivity contribution in [2.45, 2.75) is 26.9 Å². The topological polar surface area (TPSA) is 78.8 Å². The average Bonchev–Trinajstić information content (AvgIpc) is 2.76. The third-order valence-corrected chi connectivity index (χ3v) is 2.27. The quantitative estimate of drug-likeness (QED) is 0.865. The van der Waals surface area contributed by atoms with Gasteiger partial charge in [0.2, 0.25) is 0 Å². The summed E-state index contributed by atoms with van der Waals surface area (Å²) < 4.78 is 7.26. The van der Waals surface area contributed by atoms with Crippen molar-refractivity contribution < 1.29 is 4.74 Å². The fraction of sp³-hybridized carbons (Fsp3) is 0.364. The van der Waals surface area contributed by atoms with Crippen molar-refractivity contribution in [3.8, 4) is 11.4 Å². The monoisotopic (exact) mass is 233 g/mol. The molecule has 90 valence electrons. The largest absolute Gasteiger partial charge is 0.487 e. The minimum atomic E-state index is 0.0428. The minimum Gasteiger partial charge on any atom is -0.487 e. The molecule has 0 fully saturated rings. The molecule has 0 aliphatic rings. The summed E-state index contributed by atoms with van der Waals surface area (Å²) in [5.74, 6) is 0.605. The summed E-state index contributed by atoms with van der Waals surface area (Å²) in [6.45, 7) is 5.73. The van der Waals surface area contributed by atoms with E-state index in [1.165, 1.54) is 0 Å². The van der Waals surface area contributed by atoms with Gasteiger partial charge in [0.05, 0.1) is 36.1 Å². The summed E-state index contributed by atoms with van der Waals surface area (Å²) in [6, 6.07) is 0. The second-order valence-corrected chi connectivity index (χ2v) is 3.98. The fourth-order valence-electron chi connectivity index (χ4n) is 1.49. The first-order valence-electron chi connectivity index (χ1n) is 5.38.